The van der Waals surface area contributed by atoms with Crippen molar-refractivity contribution in [1.29, 1.82) is 0 Å². The lowest BCUT2D eigenvalue weighted by Crippen LogP contribution is -2.34. The van der Waals surface area contributed by atoms with Gasteiger partial charge in [-0.1, -0.05) is 146 Å². The molecule has 0 amide bonds. The highest BCUT2D eigenvalue weighted by molar-refractivity contribution is 6.19. The molecular weight excluding hydrogens is 595 g/mol. The number of aromatic nitrogens is 1. The first-order valence-corrected chi connectivity index (χ1v) is 16.9. The molecule has 0 unspecified atom stereocenters. The van der Waals surface area contributed by atoms with Crippen LogP contribution in [0, 0.1) is 0 Å². The molecule has 8 aromatic carbocycles. The molecule has 1 aliphatic heterocycles. The van der Waals surface area contributed by atoms with Crippen LogP contribution in [0.25, 0.3) is 49.4 Å². The highest BCUT2D eigenvalue weighted by Gasteiger charge is 2.45. The van der Waals surface area contributed by atoms with Crippen molar-refractivity contribution in [2.75, 3.05) is 0 Å². The van der Waals surface area contributed by atoms with E-state index < -0.39 is 5.41 Å². The maximum Gasteiger partial charge on any atom is 0.132 e. The largest absolute Gasteiger partial charge is 0.457 e. The monoisotopic (exact) mass is 625 g/mol. The molecule has 0 atom stereocenters. The van der Waals surface area contributed by atoms with E-state index in [0.717, 1.165) is 28.2 Å². The minimum atomic E-state index is -0.553. The van der Waals surface area contributed by atoms with Crippen LogP contribution < -0.4 is 4.74 Å². The van der Waals surface area contributed by atoms with Crippen molar-refractivity contribution < 1.29 is 4.74 Å². The average molecular weight is 626 g/mol. The molecule has 0 bridgehead atoms. The third-order valence-electron chi connectivity index (χ3n) is 10.3. The smallest absolute Gasteiger partial charge is 0.132 e. The first-order chi connectivity index (χ1) is 24.3. The second-order valence-electron chi connectivity index (χ2n) is 12.9. The second-order valence-corrected chi connectivity index (χ2v) is 12.9. The van der Waals surface area contributed by atoms with E-state index in [1.807, 2.05) is 0 Å². The van der Waals surface area contributed by atoms with E-state index in [2.05, 4.69) is 193 Å². The standard InChI is InChI=1S/C47H31NO/c1-4-14-35(15-5-1)47(36-16-6-2-7-17-36)41-21-11-13-23-44(41)49-45-29-26-33(31-42(45)47)32-24-27-38-34(30-32)25-28-40-39-20-10-12-22-43(39)48(46(38)40)37-18-8-3-9-19-37/h1-31H. The molecule has 0 saturated carbocycles. The van der Waals surface area contributed by atoms with Crippen molar-refractivity contribution in [2.24, 2.45) is 0 Å². The van der Waals surface area contributed by atoms with Crippen LogP contribution in [0.2, 0.25) is 0 Å². The van der Waals surface area contributed by atoms with Gasteiger partial charge >= 0.3 is 0 Å². The number of hydrogen-bond donors (Lipinski definition) is 0. The third kappa shape index (κ3) is 4.07. The Morgan fingerprint density at radius 2 is 1.00 bits per heavy atom. The summed E-state index contributed by atoms with van der Waals surface area (Å²) in [4.78, 5) is 0. The molecule has 0 aliphatic carbocycles. The van der Waals surface area contributed by atoms with E-state index in [4.69, 9.17) is 4.74 Å². The molecule has 0 fully saturated rings. The minimum Gasteiger partial charge on any atom is -0.457 e. The predicted molar refractivity (Wildman–Crippen MR) is 202 cm³/mol. The van der Waals surface area contributed by atoms with Crippen LogP contribution in [0.5, 0.6) is 11.5 Å². The summed E-state index contributed by atoms with van der Waals surface area (Å²) in [5.41, 5.74) is 10.1. The Morgan fingerprint density at radius 3 is 1.78 bits per heavy atom. The molecule has 2 heteroatoms. The molecule has 1 aromatic heterocycles. The van der Waals surface area contributed by atoms with Crippen LogP contribution in [-0.2, 0) is 5.41 Å². The average Bonchev–Trinajstić information content (AvgIpc) is 3.52. The summed E-state index contributed by atoms with van der Waals surface area (Å²) >= 11 is 0. The Hall–Kier alpha value is -6.38. The molecule has 2 nitrogen and oxygen atoms in total. The van der Waals surface area contributed by atoms with Gasteiger partial charge < -0.3 is 9.30 Å². The van der Waals surface area contributed by atoms with E-state index in [9.17, 15) is 0 Å². The van der Waals surface area contributed by atoms with Crippen LogP contribution >= 0.6 is 0 Å². The molecule has 49 heavy (non-hydrogen) atoms. The number of nitrogens with zero attached hydrogens (tertiary/aromatic N) is 1. The van der Waals surface area contributed by atoms with Gasteiger partial charge in [0.25, 0.3) is 0 Å². The fourth-order valence-electron chi connectivity index (χ4n) is 8.20. The summed E-state index contributed by atoms with van der Waals surface area (Å²) in [7, 11) is 0. The molecule has 2 heterocycles. The predicted octanol–water partition coefficient (Wildman–Crippen LogP) is 12.1. The van der Waals surface area contributed by atoms with E-state index in [-0.39, 0.29) is 0 Å². The van der Waals surface area contributed by atoms with Crippen LogP contribution in [0.4, 0.5) is 0 Å². The molecular formula is C47H31NO. The molecule has 1 aliphatic rings. The van der Waals surface area contributed by atoms with E-state index in [1.165, 1.54) is 55.0 Å². The first kappa shape index (κ1) is 27.7. The van der Waals surface area contributed by atoms with Crippen LogP contribution in [0.1, 0.15) is 22.3 Å². The Balaban J connectivity index is 1.21. The zero-order chi connectivity index (χ0) is 32.4. The SMILES string of the molecule is c1ccc(-n2c3ccccc3c3ccc4cc(-c5ccc6c(c5)C(c5ccccc5)(c5ccccc5)c5ccccc5O6)ccc4c32)cc1. The molecule has 9 aromatic rings. The normalized spacial score (nSPS) is 13.2. The van der Waals surface area contributed by atoms with Gasteiger partial charge in [-0.3, -0.25) is 0 Å². The van der Waals surface area contributed by atoms with E-state index in [0.29, 0.717) is 0 Å². The van der Waals surface area contributed by atoms with Crippen molar-refractivity contribution in [1.82, 2.24) is 4.57 Å². The van der Waals surface area contributed by atoms with Crippen molar-refractivity contribution in [3.8, 4) is 28.3 Å². The number of ether oxygens (including phenoxy) is 1. The van der Waals surface area contributed by atoms with Gasteiger partial charge in [-0.25, -0.2) is 0 Å². The summed E-state index contributed by atoms with van der Waals surface area (Å²) in [5, 5.41) is 4.97. The lowest BCUT2D eigenvalue weighted by molar-refractivity contribution is 0.434. The maximum absolute atomic E-state index is 6.67. The first-order valence-electron chi connectivity index (χ1n) is 16.9. The third-order valence-corrected chi connectivity index (χ3v) is 10.3. The van der Waals surface area contributed by atoms with Gasteiger partial charge in [0.05, 0.1) is 16.4 Å². The number of fused-ring (bicyclic) bond motifs is 7. The Morgan fingerprint density at radius 1 is 0.408 bits per heavy atom. The fraction of sp³-hybridized carbons (Fsp3) is 0.0213. The highest BCUT2D eigenvalue weighted by atomic mass is 16.5. The van der Waals surface area contributed by atoms with Gasteiger partial charge in [-0.05, 0) is 70.1 Å². The second kappa shape index (κ2) is 10.8. The van der Waals surface area contributed by atoms with Crippen molar-refractivity contribution in [3.63, 3.8) is 0 Å². The van der Waals surface area contributed by atoms with E-state index in [1.54, 1.807) is 0 Å². The number of benzene rings is 8. The zero-order valence-electron chi connectivity index (χ0n) is 26.8. The summed E-state index contributed by atoms with van der Waals surface area (Å²) in [5.74, 6) is 1.77. The number of hydrogen-bond acceptors (Lipinski definition) is 1. The molecule has 0 spiro atoms. The molecule has 0 N–H and O–H groups in total. The minimum absolute atomic E-state index is 0.553. The Labute approximate surface area is 285 Å². The van der Waals surface area contributed by atoms with Gasteiger partial charge in [-0.2, -0.15) is 0 Å². The molecule has 0 saturated heterocycles. The zero-order valence-corrected chi connectivity index (χ0v) is 26.8. The van der Waals surface area contributed by atoms with Gasteiger partial charge in [0.1, 0.15) is 11.5 Å². The van der Waals surface area contributed by atoms with Crippen LogP contribution in [-0.4, -0.2) is 4.57 Å². The van der Waals surface area contributed by atoms with Gasteiger partial charge in [0.15, 0.2) is 0 Å². The number of para-hydroxylation sites is 3. The summed E-state index contributed by atoms with van der Waals surface area (Å²) < 4.78 is 9.08. The maximum atomic E-state index is 6.67. The van der Waals surface area contributed by atoms with Gasteiger partial charge in [0, 0.05) is 33.0 Å². The van der Waals surface area contributed by atoms with Crippen molar-refractivity contribution >= 4 is 32.6 Å². The Bertz CT molecular complexity index is 2630. The quantitative estimate of drug-likeness (QED) is 0.190. The van der Waals surface area contributed by atoms with Crippen molar-refractivity contribution in [3.05, 3.63) is 210 Å². The summed E-state index contributed by atoms with van der Waals surface area (Å²) in [6.07, 6.45) is 0. The number of rotatable bonds is 4. The molecule has 10 rings (SSSR count). The molecule has 230 valence electrons. The van der Waals surface area contributed by atoms with Crippen LogP contribution in [0.15, 0.2) is 188 Å². The fourth-order valence-corrected chi connectivity index (χ4v) is 8.20. The topological polar surface area (TPSA) is 14.2 Å². The highest BCUT2D eigenvalue weighted by Crippen LogP contribution is 2.56. The van der Waals surface area contributed by atoms with Gasteiger partial charge in [-0.15, -0.1) is 0 Å². The molecule has 0 radical (unpaired) electrons. The van der Waals surface area contributed by atoms with Gasteiger partial charge in [0.2, 0.25) is 0 Å². The van der Waals surface area contributed by atoms with Crippen molar-refractivity contribution in [2.45, 2.75) is 5.41 Å². The van der Waals surface area contributed by atoms with E-state index >= 15 is 0 Å². The van der Waals surface area contributed by atoms with Crippen LogP contribution in [0.3, 0.4) is 0 Å². The Kier molecular flexibility index (Phi) is 6.13. The summed E-state index contributed by atoms with van der Waals surface area (Å²) in [6.45, 7) is 0. The lowest BCUT2D eigenvalue weighted by atomic mass is 9.63. The summed E-state index contributed by atoms with van der Waals surface area (Å²) in [6, 6.07) is 67.8. The lowest BCUT2D eigenvalue weighted by Gasteiger charge is -2.41.